The molecule has 6 heteroatoms. The average molecular weight is 370 g/mol. The summed E-state index contributed by atoms with van der Waals surface area (Å²) in [6, 6.07) is 8.03. The monoisotopic (exact) mass is 370 g/mol. The minimum Gasteiger partial charge on any atom is -0.463 e. The molecule has 0 saturated heterocycles. The molecule has 1 aliphatic heterocycles. The van der Waals surface area contributed by atoms with Gasteiger partial charge in [-0.3, -0.25) is 9.59 Å². The van der Waals surface area contributed by atoms with Crippen LogP contribution in [-0.4, -0.2) is 41.9 Å². The van der Waals surface area contributed by atoms with Crippen LogP contribution in [0.25, 0.3) is 0 Å². The molecule has 144 valence electrons. The van der Waals surface area contributed by atoms with E-state index in [4.69, 9.17) is 4.74 Å². The van der Waals surface area contributed by atoms with Crippen LogP contribution in [0.1, 0.15) is 50.2 Å². The molecule has 1 atom stereocenters. The third-order valence-electron chi connectivity index (χ3n) is 5.01. The Hall–Kier alpha value is -2.63. The van der Waals surface area contributed by atoms with Gasteiger partial charge in [0.05, 0.1) is 12.2 Å². The van der Waals surface area contributed by atoms with Gasteiger partial charge in [0.25, 0.3) is 0 Å². The molecule has 3 rings (SSSR count). The Balaban J connectivity index is 1.94. The van der Waals surface area contributed by atoms with E-state index >= 15 is 0 Å². The molecule has 1 aromatic carbocycles. The predicted octanol–water partition coefficient (Wildman–Crippen LogP) is 2.43. The van der Waals surface area contributed by atoms with Gasteiger partial charge >= 0.3 is 5.97 Å². The van der Waals surface area contributed by atoms with E-state index in [1.54, 1.807) is 13.8 Å². The second-order valence-corrected chi connectivity index (χ2v) is 7.21. The summed E-state index contributed by atoms with van der Waals surface area (Å²) in [5.74, 6) is -1.14. The number of aryl methyl sites for hydroxylation is 1. The second-order valence-electron chi connectivity index (χ2n) is 7.21. The quantitative estimate of drug-likeness (QED) is 0.781. The standard InChI is InChI=1S/C21H26N2O4/c1-4-27-21(26)20-14(3)23(12-18(24)22-16-8-9-16)19(25)11-17(20)15-7-5-6-13(2)10-15/h5-7,10,16-17H,4,8-9,11-12H2,1-3H3,(H,22,24). The number of nitrogens with zero attached hydrogens (tertiary/aromatic N) is 1. The van der Waals surface area contributed by atoms with Crippen LogP contribution in [0.4, 0.5) is 0 Å². The van der Waals surface area contributed by atoms with Crippen LogP contribution < -0.4 is 5.32 Å². The van der Waals surface area contributed by atoms with E-state index in [1.807, 2.05) is 31.2 Å². The zero-order chi connectivity index (χ0) is 19.6. The molecule has 1 heterocycles. The molecule has 2 amide bonds. The van der Waals surface area contributed by atoms with E-state index in [-0.39, 0.29) is 43.3 Å². The van der Waals surface area contributed by atoms with Crippen LogP contribution in [0, 0.1) is 6.92 Å². The van der Waals surface area contributed by atoms with E-state index in [1.165, 1.54) is 4.90 Å². The number of hydrogen-bond donors (Lipinski definition) is 1. The van der Waals surface area contributed by atoms with Gasteiger partial charge in [-0.05, 0) is 39.2 Å². The van der Waals surface area contributed by atoms with Gasteiger partial charge in [-0.1, -0.05) is 29.8 Å². The summed E-state index contributed by atoms with van der Waals surface area (Å²) in [5, 5.41) is 2.89. The van der Waals surface area contributed by atoms with Gasteiger partial charge in [0.15, 0.2) is 0 Å². The third-order valence-corrected chi connectivity index (χ3v) is 5.01. The number of benzene rings is 1. The molecular formula is C21H26N2O4. The van der Waals surface area contributed by atoms with Gasteiger partial charge in [0.1, 0.15) is 6.54 Å². The lowest BCUT2D eigenvalue weighted by atomic mass is 9.83. The van der Waals surface area contributed by atoms with E-state index in [2.05, 4.69) is 5.32 Å². The lowest BCUT2D eigenvalue weighted by Gasteiger charge is -2.34. The zero-order valence-electron chi connectivity index (χ0n) is 16.1. The highest BCUT2D eigenvalue weighted by Crippen LogP contribution is 2.37. The predicted molar refractivity (Wildman–Crippen MR) is 101 cm³/mol. The number of rotatable bonds is 6. The number of allylic oxidation sites excluding steroid dienone is 1. The Bertz CT molecular complexity index is 795. The molecule has 2 aliphatic rings. The highest BCUT2D eigenvalue weighted by molar-refractivity contribution is 5.97. The van der Waals surface area contributed by atoms with Crippen molar-refractivity contribution >= 4 is 17.8 Å². The minimum atomic E-state index is -0.429. The van der Waals surface area contributed by atoms with Gasteiger partial charge < -0.3 is 15.0 Å². The highest BCUT2D eigenvalue weighted by Gasteiger charge is 2.38. The zero-order valence-corrected chi connectivity index (χ0v) is 16.1. The molecule has 1 N–H and O–H groups in total. The average Bonchev–Trinajstić information content (AvgIpc) is 3.42. The fraction of sp³-hybridized carbons (Fsp3) is 0.476. The van der Waals surface area contributed by atoms with Crippen LogP contribution in [0.5, 0.6) is 0 Å². The molecule has 0 bridgehead atoms. The summed E-state index contributed by atoms with van der Waals surface area (Å²) in [6.07, 6.45) is 2.11. The van der Waals surface area contributed by atoms with Crippen LogP contribution in [-0.2, 0) is 19.1 Å². The fourth-order valence-electron chi connectivity index (χ4n) is 3.49. The Kier molecular flexibility index (Phi) is 5.63. The third kappa shape index (κ3) is 4.38. The van der Waals surface area contributed by atoms with E-state index in [0.29, 0.717) is 11.3 Å². The molecule has 27 heavy (non-hydrogen) atoms. The molecule has 0 spiro atoms. The molecular weight excluding hydrogens is 344 g/mol. The van der Waals surface area contributed by atoms with Crippen molar-refractivity contribution in [3.8, 4) is 0 Å². The SMILES string of the molecule is CCOC(=O)C1=C(C)N(CC(=O)NC2CC2)C(=O)CC1c1cccc(C)c1. The number of nitrogens with one attached hydrogen (secondary N) is 1. The molecule has 1 aliphatic carbocycles. The Morgan fingerprint density at radius 3 is 2.63 bits per heavy atom. The van der Waals surface area contributed by atoms with Crippen molar-refractivity contribution in [2.24, 2.45) is 0 Å². The van der Waals surface area contributed by atoms with Crippen molar-refractivity contribution in [2.45, 2.75) is 52.0 Å². The van der Waals surface area contributed by atoms with Gasteiger partial charge in [-0.15, -0.1) is 0 Å². The smallest absolute Gasteiger partial charge is 0.336 e. The molecule has 1 aromatic rings. The van der Waals surface area contributed by atoms with Gasteiger partial charge in [-0.2, -0.15) is 0 Å². The first kappa shape index (κ1) is 19.1. The summed E-state index contributed by atoms with van der Waals surface area (Å²) in [7, 11) is 0. The summed E-state index contributed by atoms with van der Waals surface area (Å²) in [6.45, 7) is 5.64. The topological polar surface area (TPSA) is 75.7 Å². The van der Waals surface area contributed by atoms with Crippen molar-refractivity contribution in [1.82, 2.24) is 10.2 Å². The number of hydrogen-bond acceptors (Lipinski definition) is 4. The summed E-state index contributed by atoms with van der Waals surface area (Å²) >= 11 is 0. The fourth-order valence-corrected chi connectivity index (χ4v) is 3.49. The maximum atomic E-state index is 12.8. The first-order chi connectivity index (χ1) is 12.9. The number of ether oxygens (including phenoxy) is 1. The van der Waals surface area contributed by atoms with E-state index < -0.39 is 5.97 Å². The van der Waals surface area contributed by atoms with Crippen molar-refractivity contribution in [1.29, 1.82) is 0 Å². The number of carbonyl (C=O) groups is 3. The van der Waals surface area contributed by atoms with Crippen molar-refractivity contribution in [2.75, 3.05) is 13.2 Å². The van der Waals surface area contributed by atoms with Crippen LogP contribution in [0.3, 0.4) is 0 Å². The van der Waals surface area contributed by atoms with Crippen LogP contribution in [0.2, 0.25) is 0 Å². The maximum Gasteiger partial charge on any atom is 0.336 e. The molecule has 0 radical (unpaired) electrons. The van der Waals surface area contributed by atoms with Gasteiger partial charge in [0, 0.05) is 24.1 Å². The first-order valence-corrected chi connectivity index (χ1v) is 9.44. The van der Waals surface area contributed by atoms with Crippen molar-refractivity contribution in [3.63, 3.8) is 0 Å². The number of esters is 1. The summed E-state index contributed by atoms with van der Waals surface area (Å²) in [5.41, 5.74) is 2.93. The van der Waals surface area contributed by atoms with Crippen molar-refractivity contribution < 1.29 is 19.1 Å². The van der Waals surface area contributed by atoms with E-state index in [0.717, 1.165) is 24.0 Å². The highest BCUT2D eigenvalue weighted by atomic mass is 16.5. The first-order valence-electron chi connectivity index (χ1n) is 9.44. The van der Waals surface area contributed by atoms with Crippen molar-refractivity contribution in [3.05, 3.63) is 46.7 Å². The largest absolute Gasteiger partial charge is 0.463 e. The maximum absolute atomic E-state index is 12.8. The van der Waals surface area contributed by atoms with Crippen LogP contribution >= 0.6 is 0 Å². The molecule has 1 saturated carbocycles. The Morgan fingerprint density at radius 2 is 2.00 bits per heavy atom. The van der Waals surface area contributed by atoms with Gasteiger partial charge in [-0.25, -0.2) is 4.79 Å². The Morgan fingerprint density at radius 1 is 1.26 bits per heavy atom. The van der Waals surface area contributed by atoms with E-state index in [9.17, 15) is 14.4 Å². The lowest BCUT2D eigenvalue weighted by molar-refractivity contribution is -0.141. The molecule has 6 nitrogen and oxygen atoms in total. The molecule has 0 aromatic heterocycles. The normalized spacial score (nSPS) is 19.9. The lowest BCUT2D eigenvalue weighted by Crippen LogP contribution is -2.44. The van der Waals surface area contributed by atoms with Gasteiger partial charge in [0.2, 0.25) is 11.8 Å². The minimum absolute atomic E-state index is 0.0649. The number of carbonyl (C=O) groups excluding carboxylic acids is 3. The Labute approximate surface area is 159 Å². The molecule has 1 unspecified atom stereocenters. The molecule has 1 fully saturated rings. The number of amides is 2. The van der Waals surface area contributed by atoms with Crippen LogP contribution in [0.15, 0.2) is 35.5 Å². The summed E-state index contributed by atoms with van der Waals surface area (Å²) in [4.78, 5) is 39.1. The summed E-state index contributed by atoms with van der Waals surface area (Å²) < 4.78 is 5.26. The second kappa shape index (κ2) is 7.94.